The second-order valence-corrected chi connectivity index (χ2v) is 6.22. The van der Waals surface area contributed by atoms with Gasteiger partial charge in [0.25, 0.3) is 0 Å². The van der Waals surface area contributed by atoms with E-state index < -0.39 is 17.5 Å². The number of amides is 1. The summed E-state index contributed by atoms with van der Waals surface area (Å²) in [5, 5.41) is 12.7. The fourth-order valence-corrected chi connectivity index (χ4v) is 3.23. The van der Waals surface area contributed by atoms with Gasteiger partial charge in [-0.1, -0.05) is 6.07 Å². The minimum absolute atomic E-state index is 0.472. The Labute approximate surface area is 140 Å². The maximum Gasteiger partial charge on any atom is 0.314 e. The van der Waals surface area contributed by atoms with Crippen molar-refractivity contribution in [2.45, 2.75) is 25.0 Å². The van der Waals surface area contributed by atoms with Crippen molar-refractivity contribution in [3.63, 3.8) is 0 Å². The van der Waals surface area contributed by atoms with Crippen molar-refractivity contribution in [3.8, 4) is 11.5 Å². The van der Waals surface area contributed by atoms with E-state index in [-0.39, 0.29) is 0 Å². The Hall–Kier alpha value is -1.50. The number of fused-ring (bicyclic) bond motifs is 1. The number of nitrogens with one attached hydrogen (secondary N) is 1. The van der Waals surface area contributed by atoms with E-state index in [1.165, 1.54) is 0 Å². The monoisotopic (exact) mass is 340 g/mol. The molecule has 1 fully saturated rings. The number of carbonyl (C=O) groups excluding carboxylic acids is 1. The predicted octanol–water partition coefficient (Wildman–Crippen LogP) is 1.90. The summed E-state index contributed by atoms with van der Waals surface area (Å²) in [6, 6.07) is 4.86. The van der Waals surface area contributed by atoms with Crippen LogP contribution in [-0.4, -0.2) is 54.3 Å². The van der Waals surface area contributed by atoms with Gasteiger partial charge >= 0.3 is 5.37 Å². The maximum absolute atomic E-state index is 11.3. The molecule has 7 heteroatoms. The molecule has 1 amide bonds. The number of rotatable bonds is 5. The number of hydrogen-bond donors (Lipinski definition) is 2. The first-order chi connectivity index (χ1) is 11.1. The summed E-state index contributed by atoms with van der Waals surface area (Å²) in [6.45, 7) is 3.52. The Balaban J connectivity index is 1.75. The second kappa shape index (κ2) is 7.38. The van der Waals surface area contributed by atoms with Crippen LogP contribution in [-0.2, 0) is 0 Å². The first-order valence-corrected chi connectivity index (χ1v) is 8.27. The third-order valence-corrected chi connectivity index (χ3v) is 4.35. The highest BCUT2D eigenvalue weighted by molar-refractivity contribution is 6.63. The Kier molecular flexibility index (Phi) is 5.25. The van der Waals surface area contributed by atoms with E-state index in [1.807, 2.05) is 0 Å². The molecule has 2 aliphatic rings. The van der Waals surface area contributed by atoms with Crippen LogP contribution in [0.25, 0.3) is 0 Å². The zero-order valence-electron chi connectivity index (χ0n) is 12.8. The van der Waals surface area contributed by atoms with Gasteiger partial charge in [-0.05, 0) is 55.2 Å². The van der Waals surface area contributed by atoms with Crippen LogP contribution in [0.3, 0.4) is 0 Å². The molecule has 2 heterocycles. The van der Waals surface area contributed by atoms with Gasteiger partial charge in [0.2, 0.25) is 0 Å². The van der Waals surface area contributed by atoms with E-state index in [2.05, 4.69) is 10.2 Å². The van der Waals surface area contributed by atoms with Gasteiger partial charge in [-0.25, -0.2) is 0 Å². The van der Waals surface area contributed by atoms with Crippen LogP contribution in [0.15, 0.2) is 18.2 Å². The van der Waals surface area contributed by atoms with Crippen LogP contribution in [0.2, 0.25) is 0 Å². The minimum atomic E-state index is -0.867. The molecule has 0 radical (unpaired) electrons. The summed E-state index contributed by atoms with van der Waals surface area (Å²) in [5.74, 6) is 1.29. The molecule has 0 spiro atoms. The molecule has 0 aliphatic carbocycles. The Bertz CT molecular complexity index is 563. The molecule has 1 aromatic rings. The largest absolute Gasteiger partial charge is 0.486 e. The topological polar surface area (TPSA) is 71.0 Å². The highest BCUT2D eigenvalue weighted by Gasteiger charge is 2.27. The number of halogens is 1. The number of ether oxygens (including phenoxy) is 2. The lowest BCUT2D eigenvalue weighted by Gasteiger charge is -2.28. The van der Waals surface area contributed by atoms with Crippen LogP contribution in [0.5, 0.6) is 11.5 Å². The van der Waals surface area contributed by atoms with Gasteiger partial charge in [0.05, 0.1) is 6.04 Å². The second-order valence-electron chi connectivity index (χ2n) is 5.88. The highest BCUT2D eigenvalue weighted by atomic mass is 35.5. The van der Waals surface area contributed by atoms with Crippen LogP contribution in [0.4, 0.5) is 4.79 Å². The summed E-state index contributed by atoms with van der Waals surface area (Å²) < 4.78 is 11.0. The molecular formula is C16H21ClN2O4. The molecule has 2 aliphatic heterocycles. The number of likely N-dealkylation sites (tertiary alicyclic amines) is 1. The molecule has 0 bridgehead atoms. The SMILES string of the molecule is O=C(Cl)N[C@H](CN1CCCC1)[C@H](O)c1ccc2c(c1)OCCO2. The summed E-state index contributed by atoms with van der Waals surface area (Å²) in [5.41, 5.74) is 0.670. The van der Waals surface area contributed by atoms with E-state index in [0.29, 0.717) is 36.8 Å². The quantitative estimate of drug-likeness (QED) is 0.633. The number of hydrogen-bond acceptors (Lipinski definition) is 5. The zero-order chi connectivity index (χ0) is 16.2. The van der Waals surface area contributed by atoms with Crippen molar-refractivity contribution in [2.24, 2.45) is 0 Å². The van der Waals surface area contributed by atoms with Crippen LogP contribution < -0.4 is 14.8 Å². The molecule has 0 unspecified atom stereocenters. The van der Waals surface area contributed by atoms with Crippen molar-refractivity contribution in [3.05, 3.63) is 23.8 Å². The average molecular weight is 341 g/mol. The summed E-state index contributed by atoms with van der Waals surface area (Å²) in [4.78, 5) is 13.5. The van der Waals surface area contributed by atoms with Gasteiger partial charge in [-0.3, -0.25) is 4.79 Å². The van der Waals surface area contributed by atoms with E-state index in [0.717, 1.165) is 25.9 Å². The van der Waals surface area contributed by atoms with Crippen LogP contribution >= 0.6 is 11.6 Å². The van der Waals surface area contributed by atoms with Gasteiger partial charge < -0.3 is 24.8 Å². The molecule has 0 saturated carbocycles. The molecule has 0 aromatic heterocycles. The molecule has 3 rings (SSSR count). The van der Waals surface area contributed by atoms with E-state index in [4.69, 9.17) is 21.1 Å². The minimum Gasteiger partial charge on any atom is -0.486 e. The van der Waals surface area contributed by atoms with E-state index >= 15 is 0 Å². The highest BCUT2D eigenvalue weighted by Crippen LogP contribution is 2.33. The van der Waals surface area contributed by atoms with Crippen LogP contribution in [0, 0.1) is 0 Å². The lowest BCUT2D eigenvalue weighted by molar-refractivity contribution is 0.111. The van der Waals surface area contributed by atoms with Gasteiger partial charge in [-0.15, -0.1) is 0 Å². The van der Waals surface area contributed by atoms with Gasteiger partial charge in [0.15, 0.2) is 11.5 Å². The molecule has 2 N–H and O–H groups in total. The van der Waals surface area contributed by atoms with Gasteiger partial charge in [0.1, 0.15) is 19.3 Å². The Morgan fingerprint density at radius 3 is 2.65 bits per heavy atom. The predicted molar refractivity (Wildman–Crippen MR) is 86.2 cm³/mol. The number of nitrogens with zero attached hydrogens (tertiary/aromatic N) is 1. The van der Waals surface area contributed by atoms with Crippen molar-refractivity contribution < 1.29 is 19.4 Å². The standard InChI is InChI=1S/C16H21ClN2O4/c17-16(21)18-12(10-19-5-1-2-6-19)15(20)11-3-4-13-14(9-11)23-8-7-22-13/h3-4,9,12,15,20H,1-2,5-8,10H2,(H,18,21)/t12-,15-/m1/s1. The Morgan fingerprint density at radius 2 is 1.96 bits per heavy atom. The van der Waals surface area contributed by atoms with E-state index in [1.54, 1.807) is 18.2 Å². The zero-order valence-corrected chi connectivity index (χ0v) is 13.6. The van der Waals surface area contributed by atoms with Gasteiger partial charge in [-0.2, -0.15) is 0 Å². The molecule has 6 nitrogen and oxygen atoms in total. The normalized spacial score (nSPS) is 20.1. The first kappa shape index (κ1) is 16.4. The fraction of sp³-hybridized carbons (Fsp3) is 0.562. The number of aliphatic hydroxyl groups is 1. The van der Waals surface area contributed by atoms with E-state index in [9.17, 15) is 9.90 Å². The summed E-state index contributed by atoms with van der Waals surface area (Å²) in [6.07, 6.45) is 1.41. The number of aliphatic hydroxyl groups excluding tert-OH is 1. The smallest absolute Gasteiger partial charge is 0.314 e. The molecule has 1 saturated heterocycles. The lowest BCUT2D eigenvalue weighted by Crippen LogP contribution is -2.45. The average Bonchev–Trinajstić information content (AvgIpc) is 3.06. The molecule has 126 valence electrons. The maximum atomic E-state index is 11.3. The Morgan fingerprint density at radius 1 is 1.26 bits per heavy atom. The summed E-state index contributed by atoms with van der Waals surface area (Å²) in [7, 11) is 0. The van der Waals surface area contributed by atoms with Crippen LogP contribution in [0.1, 0.15) is 24.5 Å². The molecule has 1 aromatic carbocycles. The number of benzene rings is 1. The lowest BCUT2D eigenvalue weighted by atomic mass is 10.0. The third kappa shape index (κ3) is 4.07. The third-order valence-electron chi connectivity index (χ3n) is 4.24. The summed E-state index contributed by atoms with van der Waals surface area (Å²) >= 11 is 5.48. The van der Waals surface area contributed by atoms with Crippen molar-refractivity contribution in [2.75, 3.05) is 32.8 Å². The van der Waals surface area contributed by atoms with Crippen molar-refractivity contribution in [1.82, 2.24) is 10.2 Å². The molecule has 23 heavy (non-hydrogen) atoms. The van der Waals surface area contributed by atoms with Crippen molar-refractivity contribution >= 4 is 17.0 Å². The first-order valence-electron chi connectivity index (χ1n) is 7.89. The number of carbonyl (C=O) groups is 1. The fourth-order valence-electron chi connectivity index (χ4n) is 3.09. The van der Waals surface area contributed by atoms with Crippen molar-refractivity contribution in [1.29, 1.82) is 0 Å². The van der Waals surface area contributed by atoms with Gasteiger partial charge in [0, 0.05) is 6.54 Å². The molecule has 2 atom stereocenters. The molecular weight excluding hydrogens is 320 g/mol.